The molecule has 1 aliphatic rings. The number of aromatic nitrogens is 4. The normalized spacial score (nSPS) is 13.4. The van der Waals surface area contributed by atoms with Gasteiger partial charge in [-0.2, -0.15) is 0 Å². The zero-order valence-electron chi connectivity index (χ0n) is 15.6. The summed E-state index contributed by atoms with van der Waals surface area (Å²) in [4.78, 5) is 14.8. The molecule has 0 radical (unpaired) electrons. The zero-order valence-corrected chi connectivity index (χ0v) is 17.2. The van der Waals surface area contributed by atoms with Gasteiger partial charge in [-0.15, -0.1) is 10.2 Å². The van der Waals surface area contributed by atoms with E-state index in [-0.39, 0.29) is 6.61 Å². The first-order valence-electron chi connectivity index (χ1n) is 9.02. The van der Waals surface area contributed by atoms with Gasteiger partial charge in [0.2, 0.25) is 0 Å². The number of halogens is 1. The zero-order chi connectivity index (χ0) is 19.5. The van der Waals surface area contributed by atoms with Gasteiger partial charge in [0.1, 0.15) is 6.54 Å². The summed E-state index contributed by atoms with van der Waals surface area (Å²) in [6.45, 7) is 4.61. The molecule has 2 aromatic heterocycles. The highest BCUT2D eigenvalue weighted by molar-refractivity contribution is 9.10. The number of pyridine rings is 1. The molecule has 0 aliphatic carbocycles. The summed E-state index contributed by atoms with van der Waals surface area (Å²) in [5.74, 6) is 1.44. The van der Waals surface area contributed by atoms with Crippen molar-refractivity contribution in [3.8, 4) is 5.69 Å². The third kappa shape index (κ3) is 3.60. The Balaban J connectivity index is 1.79. The lowest BCUT2D eigenvalue weighted by Crippen LogP contribution is -2.11. The standard InChI is InChI=1S/C20H19BrN6O/c1-3-13(2)26-28-12-19-25-24-18-11-23-20(16-6-4-5-9-22-16)15-10-14(21)7-8-17(15)27(18)19/h4-10H,3,11-12H2,1-2H3. The largest absolute Gasteiger partial charge is 0.388 e. The van der Waals surface area contributed by atoms with Crippen molar-refractivity contribution in [3.63, 3.8) is 0 Å². The molecule has 0 amide bonds. The minimum atomic E-state index is 0.235. The molecule has 7 nitrogen and oxygen atoms in total. The van der Waals surface area contributed by atoms with Crippen molar-refractivity contribution < 1.29 is 4.84 Å². The van der Waals surface area contributed by atoms with E-state index in [4.69, 9.17) is 9.83 Å². The molecule has 1 aliphatic heterocycles. The quantitative estimate of drug-likeness (QED) is 0.444. The predicted octanol–water partition coefficient (Wildman–Crippen LogP) is 4.08. The van der Waals surface area contributed by atoms with Crippen LogP contribution in [0.2, 0.25) is 0 Å². The van der Waals surface area contributed by atoms with E-state index in [9.17, 15) is 0 Å². The second-order valence-electron chi connectivity index (χ2n) is 6.36. The fraction of sp³-hybridized carbons (Fsp3) is 0.250. The summed E-state index contributed by atoms with van der Waals surface area (Å²) in [6, 6.07) is 11.9. The summed E-state index contributed by atoms with van der Waals surface area (Å²) < 4.78 is 2.96. The molecule has 0 saturated carbocycles. The minimum absolute atomic E-state index is 0.235. The molecule has 0 unspecified atom stereocenters. The Morgan fingerprint density at radius 1 is 1.25 bits per heavy atom. The fourth-order valence-electron chi connectivity index (χ4n) is 2.94. The molecule has 4 rings (SSSR count). The van der Waals surface area contributed by atoms with Crippen molar-refractivity contribution in [1.82, 2.24) is 19.7 Å². The van der Waals surface area contributed by atoms with Gasteiger partial charge in [-0.05, 0) is 43.7 Å². The third-order valence-corrected chi connectivity index (χ3v) is 4.96. The van der Waals surface area contributed by atoms with Crippen molar-refractivity contribution in [2.75, 3.05) is 0 Å². The van der Waals surface area contributed by atoms with Gasteiger partial charge in [-0.1, -0.05) is 34.1 Å². The number of hydrogen-bond acceptors (Lipinski definition) is 6. The molecule has 1 aromatic carbocycles. The van der Waals surface area contributed by atoms with E-state index in [1.807, 2.05) is 54.8 Å². The maximum Gasteiger partial charge on any atom is 0.178 e. The molecule has 8 heteroatoms. The maximum atomic E-state index is 5.49. The van der Waals surface area contributed by atoms with Crippen LogP contribution in [0.15, 0.2) is 57.2 Å². The second-order valence-corrected chi connectivity index (χ2v) is 7.28. The van der Waals surface area contributed by atoms with Gasteiger partial charge < -0.3 is 4.84 Å². The molecule has 142 valence electrons. The van der Waals surface area contributed by atoms with Gasteiger partial charge >= 0.3 is 0 Å². The number of nitrogens with zero attached hydrogens (tertiary/aromatic N) is 6. The average molecular weight is 439 g/mol. The number of rotatable bonds is 5. The fourth-order valence-corrected chi connectivity index (χ4v) is 3.30. The highest BCUT2D eigenvalue weighted by atomic mass is 79.9. The highest BCUT2D eigenvalue weighted by Gasteiger charge is 2.23. The lowest BCUT2D eigenvalue weighted by Gasteiger charge is -2.13. The summed E-state index contributed by atoms with van der Waals surface area (Å²) in [7, 11) is 0. The number of aliphatic imine (C=N–C) groups is 1. The lowest BCUT2D eigenvalue weighted by molar-refractivity contribution is 0.122. The lowest BCUT2D eigenvalue weighted by atomic mass is 10.0. The minimum Gasteiger partial charge on any atom is -0.388 e. The molecular formula is C20H19BrN6O. The molecule has 0 N–H and O–H groups in total. The molecule has 3 heterocycles. The Kier molecular flexibility index (Phi) is 5.29. The van der Waals surface area contributed by atoms with Gasteiger partial charge in [-0.3, -0.25) is 14.5 Å². The highest BCUT2D eigenvalue weighted by Crippen LogP contribution is 2.28. The van der Waals surface area contributed by atoms with Crippen molar-refractivity contribution >= 4 is 27.4 Å². The van der Waals surface area contributed by atoms with Crippen LogP contribution in [0.4, 0.5) is 0 Å². The van der Waals surface area contributed by atoms with E-state index in [1.165, 1.54) is 0 Å². The Morgan fingerprint density at radius 2 is 2.14 bits per heavy atom. The van der Waals surface area contributed by atoms with Gasteiger partial charge in [0.15, 0.2) is 18.3 Å². The molecule has 0 spiro atoms. The van der Waals surface area contributed by atoms with Crippen LogP contribution in [-0.4, -0.2) is 31.2 Å². The third-order valence-electron chi connectivity index (χ3n) is 4.46. The Labute approximate surface area is 171 Å². The van der Waals surface area contributed by atoms with E-state index in [0.29, 0.717) is 12.4 Å². The topological polar surface area (TPSA) is 77.5 Å². The van der Waals surface area contributed by atoms with Gasteiger partial charge in [0.05, 0.1) is 22.8 Å². The molecule has 0 atom stereocenters. The molecule has 3 aromatic rings. The van der Waals surface area contributed by atoms with Crippen LogP contribution < -0.4 is 0 Å². The summed E-state index contributed by atoms with van der Waals surface area (Å²) in [5.41, 5.74) is 4.48. The van der Waals surface area contributed by atoms with Gasteiger partial charge in [0.25, 0.3) is 0 Å². The van der Waals surface area contributed by atoms with Crippen LogP contribution >= 0.6 is 15.9 Å². The number of hydrogen-bond donors (Lipinski definition) is 0. The predicted molar refractivity (Wildman–Crippen MR) is 111 cm³/mol. The van der Waals surface area contributed by atoms with Crippen molar-refractivity contribution in [1.29, 1.82) is 0 Å². The number of fused-ring (bicyclic) bond motifs is 3. The number of benzene rings is 1. The smallest absolute Gasteiger partial charge is 0.178 e. The Bertz CT molecular complexity index is 1060. The number of oxime groups is 1. The monoisotopic (exact) mass is 438 g/mol. The summed E-state index contributed by atoms with van der Waals surface area (Å²) in [5, 5.41) is 12.7. The average Bonchev–Trinajstić information content (AvgIpc) is 3.04. The van der Waals surface area contributed by atoms with E-state index < -0.39 is 0 Å². The molecule has 0 fully saturated rings. The summed E-state index contributed by atoms with van der Waals surface area (Å²) >= 11 is 3.57. The Morgan fingerprint density at radius 3 is 2.93 bits per heavy atom. The molecule has 0 bridgehead atoms. The van der Waals surface area contributed by atoms with E-state index in [2.05, 4.69) is 36.3 Å². The van der Waals surface area contributed by atoms with Crippen LogP contribution in [0.25, 0.3) is 5.69 Å². The van der Waals surface area contributed by atoms with Crippen LogP contribution in [0.5, 0.6) is 0 Å². The van der Waals surface area contributed by atoms with Crippen LogP contribution in [0, 0.1) is 0 Å². The van der Waals surface area contributed by atoms with E-state index in [1.54, 1.807) is 6.20 Å². The van der Waals surface area contributed by atoms with Crippen molar-refractivity contribution in [2.24, 2.45) is 10.1 Å². The van der Waals surface area contributed by atoms with Gasteiger partial charge in [0, 0.05) is 16.2 Å². The van der Waals surface area contributed by atoms with Crippen molar-refractivity contribution in [2.45, 2.75) is 33.4 Å². The van der Waals surface area contributed by atoms with Crippen molar-refractivity contribution in [3.05, 3.63) is 70.0 Å². The van der Waals surface area contributed by atoms with Crippen LogP contribution in [-0.2, 0) is 18.0 Å². The van der Waals surface area contributed by atoms with Crippen LogP contribution in [0.1, 0.15) is 43.2 Å². The first-order valence-corrected chi connectivity index (χ1v) is 9.81. The molecule has 28 heavy (non-hydrogen) atoms. The SMILES string of the molecule is CCC(C)=NOCc1nnc2n1-c1ccc(Br)cc1C(c1ccccn1)=NC2. The van der Waals surface area contributed by atoms with Crippen LogP contribution in [0.3, 0.4) is 0 Å². The van der Waals surface area contributed by atoms with E-state index in [0.717, 1.165) is 45.1 Å². The van der Waals surface area contributed by atoms with E-state index >= 15 is 0 Å². The second kappa shape index (κ2) is 8.02. The molecular weight excluding hydrogens is 420 g/mol. The first kappa shape index (κ1) is 18.5. The van der Waals surface area contributed by atoms with Gasteiger partial charge in [-0.25, -0.2) is 0 Å². The maximum absolute atomic E-state index is 5.49. The Hall–Kier alpha value is -2.87. The summed E-state index contributed by atoms with van der Waals surface area (Å²) in [6.07, 6.45) is 2.61. The first-order chi connectivity index (χ1) is 13.7. The molecule has 0 saturated heterocycles.